The average Bonchev–Trinajstić information content (AvgIpc) is 2.83. The summed E-state index contributed by atoms with van der Waals surface area (Å²) in [4.78, 5) is 13.2. The Morgan fingerprint density at radius 3 is 2.53 bits per heavy atom. The van der Waals surface area contributed by atoms with Gasteiger partial charge in [-0.2, -0.15) is 0 Å². The zero-order valence-corrected chi connectivity index (χ0v) is 11.7. The molecule has 1 aromatic heterocycles. The number of benzene rings is 2. The second kappa shape index (κ2) is 5.16. The van der Waals surface area contributed by atoms with Gasteiger partial charge in [0, 0.05) is 16.9 Å². The van der Waals surface area contributed by atoms with Gasteiger partial charge in [0.2, 0.25) is 0 Å². The molecule has 0 saturated carbocycles. The third-order valence-corrected chi connectivity index (χ3v) is 4.27. The molecule has 3 aromatic rings. The molecule has 2 aromatic carbocycles. The molecule has 0 amide bonds. The van der Waals surface area contributed by atoms with Crippen LogP contribution in [-0.2, 0) is 6.42 Å². The normalized spacial score (nSPS) is 10.8. The SMILES string of the molecule is O=C(Cc1ccc(Cl)s1)c1ccc2ccccc2c1. The molecule has 1 nitrogen and oxygen atoms in total. The van der Waals surface area contributed by atoms with Gasteiger partial charge in [0.15, 0.2) is 5.78 Å². The highest BCUT2D eigenvalue weighted by atomic mass is 35.5. The van der Waals surface area contributed by atoms with Crippen LogP contribution < -0.4 is 0 Å². The van der Waals surface area contributed by atoms with Crippen molar-refractivity contribution in [1.82, 2.24) is 0 Å². The molecule has 0 fully saturated rings. The Morgan fingerprint density at radius 1 is 1.00 bits per heavy atom. The third kappa shape index (κ3) is 2.70. The fraction of sp³-hybridized carbons (Fsp3) is 0.0625. The van der Waals surface area contributed by atoms with Crippen LogP contribution in [-0.4, -0.2) is 5.78 Å². The summed E-state index contributed by atoms with van der Waals surface area (Å²) in [6, 6.07) is 17.6. The van der Waals surface area contributed by atoms with E-state index in [4.69, 9.17) is 11.6 Å². The number of Topliss-reactive ketones (excluding diaryl/α,β-unsaturated/α-hetero) is 1. The number of rotatable bonds is 3. The standard InChI is InChI=1S/C16H11ClOS/c17-16-8-7-14(19-16)10-15(18)13-6-5-11-3-1-2-4-12(11)9-13/h1-9H,10H2. The van der Waals surface area contributed by atoms with Crippen molar-refractivity contribution in [2.24, 2.45) is 0 Å². The summed E-state index contributed by atoms with van der Waals surface area (Å²) in [7, 11) is 0. The van der Waals surface area contributed by atoms with Gasteiger partial charge in [0.25, 0.3) is 0 Å². The number of carbonyl (C=O) groups excluding carboxylic acids is 1. The van der Waals surface area contributed by atoms with Crippen molar-refractivity contribution in [2.45, 2.75) is 6.42 Å². The van der Waals surface area contributed by atoms with Gasteiger partial charge in [-0.05, 0) is 29.0 Å². The van der Waals surface area contributed by atoms with Crippen LogP contribution in [0.5, 0.6) is 0 Å². The molecule has 19 heavy (non-hydrogen) atoms. The van der Waals surface area contributed by atoms with Gasteiger partial charge in [-0.3, -0.25) is 4.79 Å². The molecule has 0 N–H and O–H groups in total. The summed E-state index contributed by atoms with van der Waals surface area (Å²) in [5.74, 6) is 0.129. The molecule has 0 atom stereocenters. The summed E-state index contributed by atoms with van der Waals surface area (Å²) < 4.78 is 0.723. The van der Waals surface area contributed by atoms with Crippen molar-refractivity contribution >= 4 is 39.5 Å². The van der Waals surface area contributed by atoms with Gasteiger partial charge >= 0.3 is 0 Å². The van der Waals surface area contributed by atoms with E-state index in [9.17, 15) is 4.79 Å². The molecular formula is C16H11ClOS. The Labute approximate surface area is 120 Å². The number of ketones is 1. The molecule has 0 aliphatic rings. The van der Waals surface area contributed by atoms with Gasteiger partial charge in [-0.25, -0.2) is 0 Å². The number of halogens is 1. The zero-order valence-electron chi connectivity index (χ0n) is 10.1. The smallest absolute Gasteiger partial charge is 0.168 e. The highest BCUT2D eigenvalue weighted by molar-refractivity contribution is 7.16. The van der Waals surface area contributed by atoms with E-state index in [2.05, 4.69) is 0 Å². The van der Waals surface area contributed by atoms with E-state index in [-0.39, 0.29) is 5.78 Å². The molecule has 0 aliphatic carbocycles. The second-order valence-corrected chi connectivity index (χ2v) is 6.17. The molecule has 94 valence electrons. The van der Waals surface area contributed by atoms with Gasteiger partial charge in [0.1, 0.15) is 0 Å². The maximum atomic E-state index is 12.2. The number of carbonyl (C=O) groups is 1. The Hall–Kier alpha value is -1.64. The maximum absolute atomic E-state index is 12.2. The molecular weight excluding hydrogens is 276 g/mol. The van der Waals surface area contributed by atoms with Crippen molar-refractivity contribution in [3.63, 3.8) is 0 Å². The Bertz CT molecular complexity index is 745. The van der Waals surface area contributed by atoms with Crippen LogP contribution >= 0.6 is 22.9 Å². The van der Waals surface area contributed by atoms with Crippen molar-refractivity contribution in [2.75, 3.05) is 0 Å². The van der Waals surface area contributed by atoms with Crippen LogP contribution in [0.2, 0.25) is 4.34 Å². The molecule has 0 unspecified atom stereocenters. The Kier molecular flexibility index (Phi) is 3.36. The van der Waals surface area contributed by atoms with Crippen LogP contribution in [0, 0.1) is 0 Å². The minimum absolute atomic E-state index is 0.129. The minimum atomic E-state index is 0.129. The van der Waals surface area contributed by atoms with Crippen LogP contribution in [0.15, 0.2) is 54.6 Å². The highest BCUT2D eigenvalue weighted by Crippen LogP contribution is 2.23. The van der Waals surface area contributed by atoms with E-state index in [1.807, 2.05) is 54.6 Å². The first-order valence-electron chi connectivity index (χ1n) is 5.98. The van der Waals surface area contributed by atoms with Crippen LogP contribution in [0.3, 0.4) is 0 Å². The maximum Gasteiger partial charge on any atom is 0.168 e. The fourth-order valence-corrected chi connectivity index (χ4v) is 3.16. The second-order valence-electron chi connectivity index (χ2n) is 4.37. The molecule has 0 spiro atoms. The van der Waals surface area contributed by atoms with Crippen LogP contribution in [0.25, 0.3) is 10.8 Å². The number of thiophene rings is 1. The van der Waals surface area contributed by atoms with Crippen LogP contribution in [0.4, 0.5) is 0 Å². The van der Waals surface area contributed by atoms with E-state index in [0.717, 1.165) is 25.5 Å². The molecule has 3 rings (SSSR count). The van der Waals surface area contributed by atoms with E-state index in [1.165, 1.54) is 11.3 Å². The summed E-state index contributed by atoms with van der Waals surface area (Å²) in [5, 5.41) is 2.25. The quantitative estimate of drug-likeness (QED) is 0.621. The number of hydrogen-bond donors (Lipinski definition) is 0. The summed E-state index contributed by atoms with van der Waals surface area (Å²) in [6.07, 6.45) is 0.412. The Balaban J connectivity index is 1.89. The van der Waals surface area contributed by atoms with E-state index >= 15 is 0 Å². The zero-order chi connectivity index (χ0) is 13.2. The lowest BCUT2D eigenvalue weighted by molar-refractivity contribution is 0.0994. The van der Waals surface area contributed by atoms with Crippen molar-refractivity contribution in [1.29, 1.82) is 0 Å². The lowest BCUT2D eigenvalue weighted by atomic mass is 10.0. The van der Waals surface area contributed by atoms with Crippen molar-refractivity contribution in [3.8, 4) is 0 Å². The van der Waals surface area contributed by atoms with Gasteiger partial charge in [-0.15, -0.1) is 11.3 Å². The predicted molar refractivity (Wildman–Crippen MR) is 81.3 cm³/mol. The third-order valence-electron chi connectivity index (χ3n) is 3.04. The predicted octanol–water partition coefficient (Wildman–Crippen LogP) is 4.98. The first kappa shape index (κ1) is 12.4. The minimum Gasteiger partial charge on any atom is -0.294 e. The highest BCUT2D eigenvalue weighted by Gasteiger charge is 2.09. The number of fused-ring (bicyclic) bond motifs is 1. The Morgan fingerprint density at radius 2 is 1.79 bits per heavy atom. The molecule has 0 saturated heterocycles. The van der Waals surface area contributed by atoms with Crippen LogP contribution in [0.1, 0.15) is 15.2 Å². The molecule has 0 aliphatic heterocycles. The van der Waals surface area contributed by atoms with Gasteiger partial charge in [-0.1, -0.05) is 48.0 Å². The summed E-state index contributed by atoms with van der Waals surface area (Å²) in [6.45, 7) is 0. The van der Waals surface area contributed by atoms with Crippen molar-refractivity contribution in [3.05, 3.63) is 69.4 Å². The summed E-state index contributed by atoms with van der Waals surface area (Å²) >= 11 is 7.33. The molecule has 1 heterocycles. The first-order valence-corrected chi connectivity index (χ1v) is 7.18. The van der Waals surface area contributed by atoms with Crippen molar-refractivity contribution < 1.29 is 4.79 Å². The number of hydrogen-bond acceptors (Lipinski definition) is 2. The topological polar surface area (TPSA) is 17.1 Å². The molecule has 0 radical (unpaired) electrons. The fourth-order valence-electron chi connectivity index (χ4n) is 2.07. The molecule has 3 heteroatoms. The first-order chi connectivity index (χ1) is 9.22. The average molecular weight is 287 g/mol. The van der Waals surface area contributed by atoms with E-state index in [0.29, 0.717) is 6.42 Å². The summed E-state index contributed by atoms with van der Waals surface area (Å²) in [5.41, 5.74) is 0.753. The molecule has 0 bridgehead atoms. The van der Waals surface area contributed by atoms with E-state index < -0.39 is 0 Å². The van der Waals surface area contributed by atoms with Gasteiger partial charge < -0.3 is 0 Å². The van der Waals surface area contributed by atoms with Gasteiger partial charge in [0.05, 0.1) is 4.34 Å². The largest absolute Gasteiger partial charge is 0.294 e. The lowest BCUT2D eigenvalue weighted by Crippen LogP contribution is -2.01. The monoisotopic (exact) mass is 286 g/mol. The van der Waals surface area contributed by atoms with E-state index in [1.54, 1.807) is 0 Å². The lowest BCUT2D eigenvalue weighted by Gasteiger charge is -2.02.